The first kappa shape index (κ1) is 13.4. The summed E-state index contributed by atoms with van der Waals surface area (Å²) in [6.45, 7) is 3.21. The van der Waals surface area contributed by atoms with Crippen molar-refractivity contribution in [3.63, 3.8) is 0 Å². The summed E-state index contributed by atoms with van der Waals surface area (Å²) in [5.74, 6) is -5.39. The van der Waals surface area contributed by atoms with Gasteiger partial charge in [-0.1, -0.05) is 5.16 Å². The fourth-order valence-corrected chi connectivity index (χ4v) is 1.66. The fraction of sp³-hybridized carbons (Fsp3) is 0.250. The average Bonchev–Trinajstić information content (AvgIpc) is 2.67. The van der Waals surface area contributed by atoms with Crippen molar-refractivity contribution < 1.29 is 22.1 Å². The Morgan fingerprint density at radius 2 is 1.68 bits per heavy atom. The number of anilines is 1. The molecule has 7 heteroatoms. The molecule has 0 saturated carbocycles. The smallest absolute Gasteiger partial charge is 0.185 e. The molecule has 2 rings (SSSR count). The molecule has 0 fully saturated rings. The first-order chi connectivity index (χ1) is 8.91. The van der Waals surface area contributed by atoms with E-state index in [-0.39, 0.29) is 12.6 Å². The Balaban J connectivity index is 2.30. The van der Waals surface area contributed by atoms with Gasteiger partial charge in [0.15, 0.2) is 23.3 Å². The molecule has 1 aromatic heterocycles. The molecule has 0 bridgehead atoms. The SMILES string of the molecule is Cc1noc(C)c1CNc1c(F)c(F)cc(F)c1F. The van der Waals surface area contributed by atoms with Crippen molar-refractivity contribution in [2.45, 2.75) is 20.4 Å². The maximum Gasteiger partial charge on any atom is 0.185 e. The van der Waals surface area contributed by atoms with Crippen molar-refractivity contribution in [2.75, 3.05) is 5.32 Å². The molecule has 0 radical (unpaired) electrons. The molecule has 3 nitrogen and oxygen atoms in total. The second-order valence-corrected chi connectivity index (χ2v) is 4.00. The number of rotatable bonds is 3. The highest BCUT2D eigenvalue weighted by Crippen LogP contribution is 2.25. The van der Waals surface area contributed by atoms with Crippen LogP contribution in [-0.4, -0.2) is 5.16 Å². The molecular weight excluding hydrogens is 264 g/mol. The van der Waals surface area contributed by atoms with E-state index < -0.39 is 29.0 Å². The van der Waals surface area contributed by atoms with Crippen LogP contribution in [0.1, 0.15) is 17.0 Å². The summed E-state index contributed by atoms with van der Waals surface area (Å²) in [6.07, 6.45) is 0. The van der Waals surface area contributed by atoms with E-state index in [9.17, 15) is 17.6 Å². The molecule has 0 aliphatic carbocycles. The number of halogens is 4. The lowest BCUT2D eigenvalue weighted by Gasteiger charge is -2.09. The second-order valence-electron chi connectivity index (χ2n) is 4.00. The third kappa shape index (κ3) is 2.40. The molecule has 0 unspecified atom stereocenters. The number of aryl methyl sites for hydroxylation is 2. The molecule has 0 atom stereocenters. The van der Waals surface area contributed by atoms with Crippen molar-refractivity contribution in [3.8, 4) is 0 Å². The summed E-state index contributed by atoms with van der Waals surface area (Å²) < 4.78 is 57.6. The predicted molar refractivity (Wildman–Crippen MR) is 59.6 cm³/mol. The highest BCUT2D eigenvalue weighted by molar-refractivity contribution is 5.48. The topological polar surface area (TPSA) is 38.1 Å². The van der Waals surface area contributed by atoms with E-state index in [0.717, 1.165) is 0 Å². The highest BCUT2D eigenvalue weighted by atomic mass is 19.2. The number of nitrogens with zero attached hydrogens (tertiary/aromatic N) is 1. The van der Waals surface area contributed by atoms with Crippen LogP contribution in [0.25, 0.3) is 0 Å². The van der Waals surface area contributed by atoms with Gasteiger partial charge in [0.2, 0.25) is 0 Å². The van der Waals surface area contributed by atoms with Crippen LogP contribution in [0.2, 0.25) is 0 Å². The monoisotopic (exact) mass is 274 g/mol. The highest BCUT2D eigenvalue weighted by Gasteiger charge is 2.19. The Kier molecular flexibility index (Phi) is 3.46. The summed E-state index contributed by atoms with van der Waals surface area (Å²) in [5, 5.41) is 5.97. The largest absolute Gasteiger partial charge is 0.376 e. The maximum atomic E-state index is 13.4. The van der Waals surface area contributed by atoms with Gasteiger partial charge in [-0.05, 0) is 13.8 Å². The van der Waals surface area contributed by atoms with Crippen molar-refractivity contribution >= 4 is 5.69 Å². The lowest BCUT2D eigenvalue weighted by Crippen LogP contribution is -2.08. The van der Waals surface area contributed by atoms with Gasteiger partial charge in [-0.25, -0.2) is 17.6 Å². The van der Waals surface area contributed by atoms with Crippen LogP contribution in [0.3, 0.4) is 0 Å². The third-order valence-electron chi connectivity index (χ3n) is 2.73. The molecule has 19 heavy (non-hydrogen) atoms. The third-order valence-corrected chi connectivity index (χ3v) is 2.73. The van der Waals surface area contributed by atoms with Gasteiger partial charge in [-0.15, -0.1) is 0 Å². The summed E-state index contributed by atoms with van der Waals surface area (Å²) in [6, 6.07) is 0.158. The van der Waals surface area contributed by atoms with Gasteiger partial charge >= 0.3 is 0 Å². The minimum atomic E-state index is -1.47. The van der Waals surface area contributed by atoms with Crippen LogP contribution >= 0.6 is 0 Å². The molecule has 0 aliphatic heterocycles. The van der Waals surface area contributed by atoms with E-state index in [2.05, 4.69) is 10.5 Å². The Hall–Kier alpha value is -2.05. The molecule has 0 aliphatic rings. The molecule has 1 heterocycles. The van der Waals surface area contributed by atoms with Gasteiger partial charge in [0.1, 0.15) is 11.4 Å². The molecule has 0 spiro atoms. The van der Waals surface area contributed by atoms with Crippen LogP contribution in [0.15, 0.2) is 10.6 Å². The lowest BCUT2D eigenvalue weighted by atomic mass is 10.2. The number of benzene rings is 1. The van der Waals surface area contributed by atoms with Crippen molar-refractivity contribution in [1.29, 1.82) is 0 Å². The number of aromatic nitrogens is 1. The standard InChI is InChI=1S/C12H10F4N2O/c1-5-7(6(2)19-18-5)4-17-12-10(15)8(13)3-9(14)11(12)16/h3,17H,4H2,1-2H3. The number of nitrogens with one attached hydrogen (secondary N) is 1. The zero-order valence-corrected chi connectivity index (χ0v) is 10.2. The van der Waals surface area contributed by atoms with Gasteiger partial charge in [-0.3, -0.25) is 0 Å². The molecule has 1 N–H and O–H groups in total. The first-order valence-electron chi connectivity index (χ1n) is 5.40. The Bertz CT molecular complexity index is 579. The van der Waals surface area contributed by atoms with Gasteiger partial charge in [0.05, 0.1) is 5.69 Å². The number of hydrogen-bond donors (Lipinski definition) is 1. The molecular formula is C12H10F4N2O. The van der Waals surface area contributed by atoms with Crippen LogP contribution in [0, 0.1) is 37.1 Å². The summed E-state index contributed by atoms with van der Waals surface area (Å²) in [4.78, 5) is 0. The van der Waals surface area contributed by atoms with Crippen molar-refractivity contribution in [3.05, 3.63) is 46.4 Å². The lowest BCUT2D eigenvalue weighted by molar-refractivity contribution is 0.392. The Morgan fingerprint density at radius 3 is 2.16 bits per heavy atom. The van der Waals surface area contributed by atoms with E-state index in [0.29, 0.717) is 17.0 Å². The van der Waals surface area contributed by atoms with Crippen LogP contribution in [0.5, 0.6) is 0 Å². The molecule has 0 saturated heterocycles. The molecule has 0 amide bonds. The van der Waals surface area contributed by atoms with E-state index in [1.807, 2.05) is 0 Å². The Morgan fingerprint density at radius 1 is 1.11 bits per heavy atom. The van der Waals surface area contributed by atoms with E-state index >= 15 is 0 Å². The first-order valence-corrected chi connectivity index (χ1v) is 5.40. The zero-order valence-electron chi connectivity index (χ0n) is 10.2. The van der Waals surface area contributed by atoms with Gasteiger partial charge in [0.25, 0.3) is 0 Å². The molecule has 102 valence electrons. The van der Waals surface area contributed by atoms with Crippen molar-refractivity contribution in [1.82, 2.24) is 5.16 Å². The van der Waals surface area contributed by atoms with Gasteiger partial charge in [0, 0.05) is 18.2 Å². The number of hydrogen-bond acceptors (Lipinski definition) is 3. The second kappa shape index (κ2) is 4.91. The quantitative estimate of drug-likeness (QED) is 0.688. The van der Waals surface area contributed by atoms with E-state index in [1.54, 1.807) is 13.8 Å². The van der Waals surface area contributed by atoms with Gasteiger partial charge < -0.3 is 9.84 Å². The minimum absolute atomic E-state index is 0.0576. The zero-order chi connectivity index (χ0) is 14.2. The predicted octanol–water partition coefficient (Wildman–Crippen LogP) is 3.46. The Labute approximate surface area is 106 Å². The van der Waals surface area contributed by atoms with Crippen LogP contribution in [0.4, 0.5) is 23.2 Å². The van der Waals surface area contributed by atoms with Gasteiger partial charge in [-0.2, -0.15) is 0 Å². The molecule has 2 aromatic rings. The van der Waals surface area contributed by atoms with Crippen LogP contribution < -0.4 is 5.32 Å². The average molecular weight is 274 g/mol. The summed E-state index contributed by atoms with van der Waals surface area (Å²) in [7, 11) is 0. The fourth-order valence-electron chi connectivity index (χ4n) is 1.66. The van der Waals surface area contributed by atoms with E-state index in [1.165, 1.54) is 0 Å². The van der Waals surface area contributed by atoms with Crippen molar-refractivity contribution in [2.24, 2.45) is 0 Å². The normalized spacial score (nSPS) is 10.8. The minimum Gasteiger partial charge on any atom is -0.376 e. The summed E-state index contributed by atoms with van der Waals surface area (Å²) >= 11 is 0. The van der Waals surface area contributed by atoms with Crippen LogP contribution in [-0.2, 0) is 6.54 Å². The molecule has 1 aromatic carbocycles. The van der Waals surface area contributed by atoms with E-state index in [4.69, 9.17) is 4.52 Å². The summed E-state index contributed by atoms with van der Waals surface area (Å²) in [5.41, 5.74) is 0.253. The maximum absolute atomic E-state index is 13.4.